The number of halogens is 4. The molecule has 0 bridgehead atoms. The SMILES string of the molecule is CC1CCc2c(N3CCN(C(F)(F)F)CC3)cc(Cl)c3c(=O)c(C(=O)O)cn1c23. The minimum absolute atomic E-state index is 0.0305. The molecule has 2 aliphatic heterocycles. The molecule has 2 aliphatic rings. The van der Waals surface area contributed by atoms with Gasteiger partial charge < -0.3 is 14.6 Å². The standard InChI is InChI=1S/C19H19ClF3N3O3/c1-10-2-3-11-14(24-4-6-25(7-5-24)19(21,22)23)8-13(20)15-16(11)26(10)9-12(17(15)27)18(28)29/h8-10H,2-7H2,1H3,(H,28,29). The lowest BCUT2D eigenvalue weighted by molar-refractivity contribution is -0.246. The van der Waals surface area contributed by atoms with Crippen molar-refractivity contribution < 1.29 is 23.1 Å². The smallest absolute Gasteiger partial charge is 0.460 e. The number of pyridine rings is 1. The van der Waals surface area contributed by atoms with Crippen LogP contribution in [0.4, 0.5) is 18.9 Å². The maximum absolute atomic E-state index is 12.9. The van der Waals surface area contributed by atoms with Crippen molar-refractivity contribution in [1.29, 1.82) is 0 Å². The number of aromatic nitrogens is 1. The molecular weight excluding hydrogens is 411 g/mol. The van der Waals surface area contributed by atoms with Crippen molar-refractivity contribution in [3.63, 3.8) is 0 Å². The molecule has 1 N–H and O–H groups in total. The zero-order valence-corrected chi connectivity index (χ0v) is 16.3. The molecule has 29 heavy (non-hydrogen) atoms. The van der Waals surface area contributed by atoms with Gasteiger partial charge in [-0.25, -0.2) is 9.69 Å². The highest BCUT2D eigenvalue weighted by Crippen LogP contribution is 2.40. The summed E-state index contributed by atoms with van der Waals surface area (Å²) < 4.78 is 40.6. The van der Waals surface area contributed by atoms with E-state index >= 15 is 0 Å². The van der Waals surface area contributed by atoms with E-state index < -0.39 is 17.7 Å². The van der Waals surface area contributed by atoms with Gasteiger partial charge in [-0.05, 0) is 25.8 Å². The number of alkyl halides is 3. The number of rotatable bonds is 2. The first-order valence-electron chi connectivity index (χ1n) is 9.30. The van der Waals surface area contributed by atoms with E-state index in [0.717, 1.165) is 12.0 Å². The Bertz CT molecular complexity index is 1060. The van der Waals surface area contributed by atoms with E-state index in [1.807, 2.05) is 11.8 Å². The van der Waals surface area contributed by atoms with Gasteiger partial charge in [0.15, 0.2) is 0 Å². The Hall–Kier alpha value is -2.26. The zero-order chi connectivity index (χ0) is 21.1. The molecule has 10 heteroatoms. The van der Waals surface area contributed by atoms with Crippen molar-refractivity contribution in [3.8, 4) is 0 Å². The maximum atomic E-state index is 12.9. The number of nitrogens with zero attached hydrogens (tertiary/aromatic N) is 3. The summed E-state index contributed by atoms with van der Waals surface area (Å²) in [7, 11) is 0. The zero-order valence-electron chi connectivity index (χ0n) is 15.6. The van der Waals surface area contributed by atoms with Gasteiger partial charge in [0.25, 0.3) is 0 Å². The number of aryl methyl sites for hydroxylation is 1. The highest BCUT2D eigenvalue weighted by Gasteiger charge is 2.39. The number of carboxylic acid groups (broad SMARTS) is 1. The topological polar surface area (TPSA) is 65.8 Å². The van der Waals surface area contributed by atoms with Crippen molar-refractivity contribution in [3.05, 3.63) is 38.6 Å². The number of piperazine rings is 1. The third-order valence-electron chi connectivity index (χ3n) is 5.83. The van der Waals surface area contributed by atoms with Gasteiger partial charge in [-0.2, -0.15) is 13.2 Å². The lowest BCUT2D eigenvalue weighted by Crippen LogP contribution is -2.52. The Kier molecular flexibility index (Phi) is 4.77. The van der Waals surface area contributed by atoms with Crippen LogP contribution in [0.1, 0.15) is 35.3 Å². The van der Waals surface area contributed by atoms with Gasteiger partial charge >= 0.3 is 12.3 Å². The Balaban J connectivity index is 1.86. The molecule has 156 valence electrons. The highest BCUT2D eigenvalue weighted by atomic mass is 35.5. The molecule has 0 saturated carbocycles. The third-order valence-corrected chi connectivity index (χ3v) is 6.13. The molecule has 3 heterocycles. The molecule has 6 nitrogen and oxygen atoms in total. The predicted octanol–water partition coefficient (Wildman–Crippen LogP) is 3.50. The Morgan fingerprint density at radius 1 is 1.24 bits per heavy atom. The van der Waals surface area contributed by atoms with Crippen molar-refractivity contribution in [1.82, 2.24) is 9.47 Å². The molecule has 1 aromatic carbocycles. The second-order valence-corrected chi connectivity index (χ2v) is 7.90. The first-order chi connectivity index (χ1) is 13.6. The minimum atomic E-state index is -4.36. The number of aromatic carboxylic acids is 1. The van der Waals surface area contributed by atoms with E-state index in [1.165, 1.54) is 6.20 Å². The third kappa shape index (κ3) is 3.26. The lowest BCUT2D eigenvalue weighted by Gasteiger charge is -2.39. The summed E-state index contributed by atoms with van der Waals surface area (Å²) in [4.78, 5) is 26.6. The molecule has 1 aromatic heterocycles. The Morgan fingerprint density at radius 2 is 1.90 bits per heavy atom. The van der Waals surface area contributed by atoms with Crippen molar-refractivity contribution >= 4 is 34.2 Å². The molecule has 2 aromatic rings. The van der Waals surface area contributed by atoms with Gasteiger partial charge in [0, 0.05) is 49.7 Å². The molecule has 4 rings (SSSR count). The number of hydrogen-bond donors (Lipinski definition) is 1. The van der Waals surface area contributed by atoms with Gasteiger partial charge in [-0.1, -0.05) is 11.6 Å². The summed E-state index contributed by atoms with van der Waals surface area (Å²) in [5.74, 6) is -1.32. The molecule has 1 unspecified atom stereocenters. The maximum Gasteiger partial charge on any atom is 0.460 e. The van der Waals surface area contributed by atoms with Gasteiger partial charge in [0.2, 0.25) is 5.43 Å². The van der Waals surface area contributed by atoms with E-state index in [1.54, 1.807) is 10.6 Å². The first kappa shape index (κ1) is 20.0. The highest BCUT2D eigenvalue weighted by molar-refractivity contribution is 6.36. The van der Waals surface area contributed by atoms with E-state index in [9.17, 15) is 27.9 Å². The molecule has 1 atom stereocenters. The van der Waals surface area contributed by atoms with Crippen molar-refractivity contribution in [2.75, 3.05) is 31.1 Å². The van der Waals surface area contributed by atoms with E-state index in [0.29, 0.717) is 22.5 Å². The van der Waals surface area contributed by atoms with E-state index in [4.69, 9.17) is 11.6 Å². The van der Waals surface area contributed by atoms with Crippen LogP contribution in [-0.2, 0) is 6.42 Å². The number of benzene rings is 1. The number of hydrogen-bond acceptors (Lipinski definition) is 4. The van der Waals surface area contributed by atoms with Gasteiger partial charge in [0.05, 0.1) is 15.9 Å². The van der Waals surface area contributed by atoms with Gasteiger partial charge in [-0.15, -0.1) is 0 Å². The van der Waals surface area contributed by atoms with Crippen LogP contribution in [0.3, 0.4) is 0 Å². The van der Waals surface area contributed by atoms with Crippen molar-refractivity contribution in [2.24, 2.45) is 0 Å². The lowest BCUT2D eigenvalue weighted by atomic mass is 9.93. The number of anilines is 1. The molecule has 0 spiro atoms. The van der Waals surface area contributed by atoms with Gasteiger partial charge in [-0.3, -0.25) is 4.79 Å². The summed E-state index contributed by atoms with van der Waals surface area (Å²) in [5, 5.41) is 9.67. The van der Waals surface area contributed by atoms with Crippen LogP contribution >= 0.6 is 11.6 Å². The van der Waals surface area contributed by atoms with Crippen LogP contribution < -0.4 is 10.3 Å². The average Bonchev–Trinajstić information content (AvgIpc) is 2.65. The normalized spacial score (nSPS) is 20.3. The van der Waals surface area contributed by atoms with Gasteiger partial charge in [0.1, 0.15) is 5.56 Å². The summed E-state index contributed by atoms with van der Waals surface area (Å²) >= 11 is 6.41. The van der Waals surface area contributed by atoms with Crippen LogP contribution in [0.2, 0.25) is 5.02 Å². The Labute approximate surface area is 169 Å². The fourth-order valence-electron chi connectivity index (χ4n) is 4.28. The molecule has 0 aliphatic carbocycles. The predicted molar refractivity (Wildman–Crippen MR) is 103 cm³/mol. The monoisotopic (exact) mass is 429 g/mol. The second-order valence-electron chi connectivity index (χ2n) is 7.49. The second kappa shape index (κ2) is 6.91. The number of carbonyl (C=O) groups is 1. The molecular formula is C19H19ClF3N3O3. The van der Waals surface area contributed by atoms with E-state index in [2.05, 4.69) is 0 Å². The molecule has 0 amide bonds. The summed E-state index contributed by atoms with van der Waals surface area (Å²) in [6, 6.07) is 1.56. The van der Waals surface area contributed by atoms with Crippen LogP contribution in [0.15, 0.2) is 17.1 Å². The average molecular weight is 430 g/mol. The Morgan fingerprint density at radius 3 is 2.48 bits per heavy atom. The van der Waals surface area contributed by atoms with Crippen LogP contribution in [0.25, 0.3) is 10.9 Å². The molecule has 0 radical (unpaired) electrons. The summed E-state index contributed by atoms with van der Waals surface area (Å²) in [5.41, 5.74) is 1.15. The fraction of sp³-hybridized carbons (Fsp3) is 0.474. The minimum Gasteiger partial charge on any atom is -0.477 e. The number of carboxylic acids is 1. The first-order valence-corrected chi connectivity index (χ1v) is 9.67. The summed E-state index contributed by atoms with van der Waals surface area (Å²) in [6.07, 6.45) is -1.65. The molecule has 1 saturated heterocycles. The largest absolute Gasteiger partial charge is 0.477 e. The van der Waals surface area contributed by atoms with Crippen LogP contribution in [-0.4, -0.2) is 53.0 Å². The van der Waals surface area contributed by atoms with Crippen molar-refractivity contribution in [2.45, 2.75) is 32.1 Å². The van der Waals surface area contributed by atoms with E-state index in [-0.39, 0.29) is 48.2 Å². The summed E-state index contributed by atoms with van der Waals surface area (Å²) in [6.45, 7) is 1.99. The quantitative estimate of drug-likeness (QED) is 0.740. The van der Waals surface area contributed by atoms with Crippen LogP contribution in [0.5, 0.6) is 0 Å². The molecule has 1 fully saturated rings. The fourth-order valence-corrected chi connectivity index (χ4v) is 4.56. The van der Waals surface area contributed by atoms with Crippen LogP contribution in [0, 0.1) is 0 Å².